The van der Waals surface area contributed by atoms with Crippen molar-refractivity contribution in [3.05, 3.63) is 21.9 Å². The summed E-state index contributed by atoms with van der Waals surface area (Å²) in [6.07, 6.45) is 0.703. The Morgan fingerprint density at radius 1 is 1.57 bits per heavy atom. The molecule has 0 bridgehead atoms. The molecule has 2 unspecified atom stereocenters. The first-order valence-electron chi connectivity index (χ1n) is 7.30. The molecule has 1 amide bonds. The number of nitrogens with two attached hydrogens (primary N) is 1. The van der Waals surface area contributed by atoms with E-state index in [1.165, 1.54) is 10.4 Å². The van der Waals surface area contributed by atoms with E-state index in [0.717, 1.165) is 13.0 Å². The molecule has 0 saturated carbocycles. The van der Waals surface area contributed by atoms with Crippen molar-refractivity contribution in [3.63, 3.8) is 0 Å². The Morgan fingerprint density at radius 2 is 2.29 bits per heavy atom. The van der Waals surface area contributed by atoms with Crippen LogP contribution in [0.2, 0.25) is 0 Å². The molecule has 0 aromatic carbocycles. The van der Waals surface area contributed by atoms with Gasteiger partial charge in [-0.3, -0.25) is 11.3 Å². The first-order valence-corrected chi connectivity index (χ1v) is 8.18. The number of hydrogen-bond donors (Lipinski definition) is 2. The van der Waals surface area contributed by atoms with Crippen molar-refractivity contribution in [2.75, 3.05) is 13.1 Å². The van der Waals surface area contributed by atoms with E-state index in [1.807, 2.05) is 20.8 Å². The van der Waals surface area contributed by atoms with Crippen LogP contribution in [0.5, 0.6) is 0 Å². The maximum absolute atomic E-state index is 12.1. The lowest BCUT2D eigenvalue weighted by atomic mass is 9.96. The standard InChI is InChI=1S/C15H25N3O2S/c1-10-6-8-21-13(10)12(17-16)11-5-7-18(9-11)14(19)20-15(2,3)4/h6,8,11-12,17H,5,7,9,16H2,1-4H3. The van der Waals surface area contributed by atoms with Crippen LogP contribution in [0.4, 0.5) is 4.79 Å². The molecule has 0 radical (unpaired) electrons. The lowest BCUT2D eigenvalue weighted by Gasteiger charge is -2.26. The third-order valence-electron chi connectivity index (χ3n) is 3.71. The first kappa shape index (κ1) is 16.3. The minimum absolute atomic E-state index is 0.0948. The highest BCUT2D eigenvalue weighted by Gasteiger charge is 2.35. The molecule has 1 aliphatic heterocycles. The van der Waals surface area contributed by atoms with Crippen LogP contribution < -0.4 is 11.3 Å². The van der Waals surface area contributed by atoms with Crippen LogP contribution in [0.3, 0.4) is 0 Å². The molecule has 1 aromatic heterocycles. The van der Waals surface area contributed by atoms with Crippen molar-refractivity contribution in [1.82, 2.24) is 10.3 Å². The van der Waals surface area contributed by atoms with E-state index in [-0.39, 0.29) is 12.1 Å². The van der Waals surface area contributed by atoms with Gasteiger partial charge in [0.25, 0.3) is 0 Å². The van der Waals surface area contributed by atoms with Crippen LogP contribution in [-0.4, -0.2) is 29.7 Å². The fourth-order valence-corrected chi connectivity index (χ4v) is 3.76. The van der Waals surface area contributed by atoms with E-state index in [2.05, 4.69) is 23.8 Å². The summed E-state index contributed by atoms with van der Waals surface area (Å²) in [6, 6.07) is 2.20. The van der Waals surface area contributed by atoms with Crippen LogP contribution in [0, 0.1) is 12.8 Å². The highest BCUT2D eigenvalue weighted by atomic mass is 32.1. The molecule has 2 heterocycles. The van der Waals surface area contributed by atoms with Crippen molar-refractivity contribution in [2.24, 2.45) is 11.8 Å². The van der Waals surface area contributed by atoms with Gasteiger partial charge in [0.2, 0.25) is 0 Å². The van der Waals surface area contributed by atoms with Crippen molar-refractivity contribution >= 4 is 17.4 Å². The third-order valence-corrected chi connectivity index (χ3v) is 4.81. The van der Waals surface area contributed by atoms with E-state index in [9.17, 15) is 4.79 Å². The molecule has 1 saturated heterocycles. The molecule has 2 rings (SSSR count). The number of nitrogens with one attached hydrogen (secondary N) is 1. The van der Waals surface area contributed by atoms with Gasteiger partial charge >= 0.3 is 6.09 Å². The molecule has 118 valence electrons. The molecule has 5 nitrogen and oxygen atoms in total. The summed E-state index contributed by atoms with van der Waals surface area (Å²) in [5.74, 6) is 6.08. The maximum Gasteiger partial charge on any atom is 0.410 e. The molecule has 3 N–H and O–H groups in total. The summed E-state index contributed by atoms with van der Waals surface area (Å²) in [4.78, 5) is 15.2. The third kappa shape index (κ3) is 3.96. The minimum Gasteiger partial charge on any atom is -0.444 e. The van der Waals surface area contributed by atoms with Gasteiger partial charge in [0, 0.05) is 18.0 Å². The number of ether oxygens (including phenoxy) is 1. The molecule has 6 heteroatoms. The van der Waals surface area contributed by atoms with E-state index in [4.69, 9.17) is 10.6 Å². The van der Waals surface area contributed by atoms with Gasteiger partial charge in [0.05, 0.1) is 6.04 Å². The number of likely N-dealkylation sites (tertiary alicyclic amines) is 1. The summed E-state index contributed by atoms with van der Waals surface area (Å²) in [5.41, 5.74) is 3.72. The van der Waals surface area contributed by atoms with Crippen molar-refractivity contribution in [1.29, 1.82) is 0 Å². The average molecular weight is 311 g/mol. The molecule has 0 spiro atoms. The van der Waals surface area contributed by atoms with Gasteiger partial charge in [-0.1, -0.05) is 0 Å². The number of carbonyl (C=O) groups is 1. The predicted molar refractivity (Wildman–Crippen MR) is 85.0 cm³/mol. The number of hydrazine groups is 1. The number of carbonyl (C=O) groups excluding carboxylic acids is 1. The summed E-state index contributed by atoms with van der Waals surface area (Å²) in [6.45, 7) is 9.16. The van der Waals surface area contributed by atoms with Crippen molar-refractivity contribution < 1.29 is 9.53 Å². The van der Waals surface area contributed by atoms with E-state index in [1.54, 1.807) is 16.2 Å². The molecule has 1 fully saturated rings. The van der Waals surface area contributed by atoms with Gasteiger partial charge < -0.3 is 9.64 Å². The van der Waals surface area contributed by atoms with Gasteiger partial charge in [0.15, 0.2) is 0 Å². The molecular weight excluding hydrogens is 286 g/mol. The van der Waals surface area contributed by atoms with E-state index < -0.39 is 5.60 Å². The summed E-state index contributed by atoms with van der Waals surface area (Å²) < 4.78 is 5.44. The summed E-state index contributed by atoms with van der Waals surface area (Å²) >= 11 is 1.71. The second kappa shape index (κ2) is 6.34. The fourth-order valence-electron chi connectivity index (χ4n) is 2.68. The lowest BCUT2D eigenvalue weighted by Crippen LogP contribution is -2.38. The SMILES string of the molecule is Cc1ccsc1C(NN)C1CCN(C(=O)OC(C)(C)C)C1. The maximum atomic E-state index is 12.1. The predicted octanol–water partition coefficient (Wildman–Crippen LogP) is 2.82. The van der Waals surface area contributed by atoms with Gasteiger partial charge in [-0.15, -0.1) is 11.3 Å². The van der Waals surface area contributed by atoms with E-state index in [0.29, 0.717) is 12.5 Å². The molecule has 0 aliphatic carbocycles. The second-order valence-electron chi connectivity index (χ2n) is 6.59. The van der Waals surface area contributed by atoms with Gasteiger partial charge in [-0.2, -0.15) is 0 Å². The second-order valence-corrected chi connectivity index (χ2v) is 7.54. The normalized spacial score (nSPS) is 20.6. The number of hydrogen-bond acceptors (Lipinski definition) is 5. The molecule has 2 atom stereocenters. The van der Waals surface area contributed by atoms with Crippen LogP contribution in [-0.2, 0) is 4.74 Å². The van der Waals surface area contributed by atoms with Crippen LogP contribution >= 0.6 is 11.3 Å². The molecule has 1 aromatic rings. The molecular formula is C15H25N3O2S. The van der Waals surface area contributed by atoms with Gasteiger partial charge in [0.1, 0.15) is 5.60 Å². The van der Waals surface area contributed by atoms with Gasteiger partial charge in [-0.05, 0) is 57.0 Å². The Labute approximate surface area is 130 Å². The Balaban J connectivity index is 2.01. The lowest BCUT2D eigenvalue weighted by molar-refractivity contribution is 0.0285. The molecule has 21 heavy (non-hydrogen) atoms. The van der Waals surface area contributed by atoms with Crippen molar-refractivity contribution in [2.45, 2.75) is 45.8 Å². The Morgan fingerprint density at radius 3 is 2.81 bits per heavy atom. The largest absolute Gasteiger partial charge is 0.444 e. The van der Waals surface area contributed by atoms with Crippen LogP contribution in [0.15, 0.2) is 11.4 Å². The minimum atomic E-state index is -0.453. The Bertz CT molecular complexity index is 495. The summed E-state index contributed by atoms with van der Waals surface area (Å²) in [7, 11) is 0. The zero-order chi connectivity index (χ0) is 15.6. The monoisotopic (exact) mass is 311 g/mol. The zero-order valence-corrected chi connectivity index (χ0v) is 14.0. The first-order chi connectivity index (χ1) is 9.81. The smallest absolute Gasteiger partial charge is 0.410 e. The van der Waals surface area contributed by atoms with Crippen LogP contribution in [0.25, 0.3) is 0 Å². The van der Waals surface area contributed by atoms with Crippen LogP contribution in [0.1, 0.15) is 43.7 Å². The summed E-state index contributed by atoms with van der Waals surface area (Å²) in [5, 5.41) is 2.08. The number of rotatable bonds is 3. The highest BCUT2D eigenvalue weighted by molar-refractivity contribution is 7.10. The quantitative estimate of drug-likeness (QED) is 0.665. The van der Waals surface area contributed by atoms with Gasteiger partial charge in [-0.25, -0.2) is 4.79 Å². The van der Waals surface area contributed by atoms with E-state index >= 15 is 0 Å². The number of thiophene rings is 1. The highest BCUT2D eigenvalue weighted by Crippen LogP contribution is 2.34. The Kier molecular flexibility index (Phi) is 4.91. The average Bonchev–Trinajstić information content (AvgIpc) is 2.99. The fraction of sp³-hybridized carbons (Fsp3) is 0.667. The number of aryl methyl sites for hydroxylation is 1. The number of nitrogens with zero attached hydrogens (tertiary/aromatic N) is 1. The topological polar surface area (TPSA) is 67.6 Å². The number of amides is 1. The Hall–Kier alpha value is -1.11. The molecule has 1 aliphatic rings. The van der Waals surface area contributed by atoms with Crippen molar-refractivity contribution in [3.8, 4) is 0 Å². The zero-order valence-electron chi connectivity index (χ0n) is 13.2.